The second-order valence-corrected chi connectivity index (χ2v) is 9.37. The summed E-state index contributed by atoms with van der Waals surface area (Å²) in [5.41, 5.74) is 4.48. The fraction of sp³-hybridized carbons (Fsp3) is 0.357. The Hall–Kier alpha value is -4.18. The smallest absolute Gasteiger partial charge is 0.317 e. The fourth-order valence-electron chi connectivity index (χ4n) is 4.61. The first-order valence-electron chi connectivity index (χ1n) is 13.1. The van der Waals surface area contributed by atoms with Gasteiger partial charge in [-0.2, -0.15) is 0 Å². The molecular weight excluding hydrogens is 482 g/mol. The van der Waals surface area contributed by atoms with E-state index < -0.39 is 0 Å². The summed E-state index contributed by atoms with van der Waals surface area (Å²) >= 11 is 0. The van der Waals surface area contributed by atoms with Gasteiger partial charge in [-0.15, -0.1) is 0 Å². The van der Waals surface area contributed by atoms with Crippen molar-refractivity contribution in [3.05, 3.63) is 60.8 Å². The zero-order valence-corrected chi connectivity index (χ0v) is 21.5. The van der Waals surface area contributed by atoms with Crippen LogP contribution in [-0.2, 0) is 9.53 Å². The number of benzene rings is 2. The van der Waals surface area contributed by atoms with Gasteiger partial charge in [-0.3, -0.25) is 4.79 Å². The van der Waals surface area contributed by atoms with Crippen molar-refractivity contribution >= 4 is 34.9 Å². The predicted octanol–water partition coefficient (Wildman–Crippen LogP) is 3.71. The third-order valence-corrected chi connectivity index (χ3v) is 6.79. The Kier molecular flexibility index (Phi) is 7.98. The van der Waals surface area contributed by atoms with Gasteiger partial charge in [-0.05, 0) is 55.8 Å². The summed E-state index contributed by atoms with van der Waals surface area (Å²) in [5, 5.41) is 9.10. The zero-order chi connectivity index (χ0) is 26.3. The van der Waals surface area contributed by atoms with Crippen LogP contribution in [0.5, 0.6) is 0 Å². The SMILES string of the molecule is CCNC(=O)N1CCN(c2ccc(Nc3nccc(-c4ccc(NC(=O)C5CCOC5)cc4)n3)cc2)CC1. The van der Waals surface area contributed by atoms with Crippen LogP contribution in [-0.4, -0.2) is 72.7 Å². The number of nitrogens with zero attached hydrogens (tertiary/aromatic N) is 4. The van der Waals surface area contributed by atoms with Crippen molar-refractivity contribution < 1.29 is 14.3 Å². The molecule has 1 aromatic heterocycles. The summed E-state index contributed by atoms with van der Waals surface area (Å²) in [6.45, 7) is 6.70. The molecule has 2 aliphatic rings. The molecule has 2 saturated heterocycles. The molecule has 10 nitrogen and oxygen atoms in total. The van der Waals surface area contributed by atoms with Gasteiger partial charge in [0.15, 0.2) is 0 Å². The molecule has 3 amide bonds. The number of ether oxygens (including phenoxy) is 1. The fourth-order valence-corrected chi connectivity index (χ4v) is 4.61. The number of piperazine rings is 1. The minimum Gasteiger partial charge on any atom is -0.381 e. The molecule has 38 heavy (non-hydrogen) atoms. The van der Waals surface area contributed by atoms with Crippen molar-refractivity contribution in [1.82, 2.24) is 20.2 Å². The van der Waals surface area contributed by atoms with Crippen molar-refractivity contribution in [3.8, 4) is 11.3 Å². The highest BCUT2D eigenvalue weighted by molar-refractivity contribution is 5.93. The maximum absolute atomic E-state index is 12.3. The van der Waals surface area contributed by atoms with E-state index in [4.69, 9.17) is 4.74 Å². The van der Waals surface area contributed by atoms with E-state index in [-0.39, 0.29) is 17.9 Å². The second kappa shape index (κ2) is 11.9. The first kappa shape index (κ1) is 25.5. The highest BCUT2D eigenvalue weighted by Gasteiger charge is 2.23. The van der Waals surface area contributed by atoms with Crippen LogP contribution >= 0.6 is 0 Å². The average Bonchev–Trinajstić information content (AvgIpc) is 3.50. The van der Waals surface area contributed by atoms with Gasteiger partial charge in [0, 0.05) is 68.2 Å². The van der Waals surface area contributed by atoms with Gasteiger partial charge < -0.3 is 30.5 Å². The maximum Gasteiger partial charge on any atom is 0.317 e. The van der Waals surface area contributed by atoms with Crippen molar-refractivity contribution in [1.29, 1.82) is 0 Å². The molecule has 0 aliphatic carbocycles. The van der Waals surface area contributed by atoms with E-state index in [0.717, 1.165) is 47.8 Å². The molecule has 2 aliphatic heterocycles. The lowest BCUT2D eigenvalue weighted by Gasteiger charge is -2.36. The van der Waals surface area contributed by atoms with E-state index in [0.29, 0.717) is 38.8 Å². The van der Waals surface area contributed by atoms with Crippen LogP contribution in [0.4, 0.5) is 27.8 Å². The Balaban J connectivity index is 1.17. The van der Waals surface area contributed by atoms with Crippen molar-refractivity contribution in [2.45, 2.75) is 13.3 Å². The number of anilines is 4. The van der Waals surface area contributed by atoms with E-state index in [1.54, 1.807) is 6.20 Å². The van der Waals surface area contributed by atoms with E-state index in [1.165, 1.54) is 0 Å². The van der Waals surface area contributed by atoms with Gasteiger partial charge >= 0.3 is 6.03 Å². The summed E-state index contributed by atoms with van der Waals surface area (Å²) in [4.78, 5) is 37.5. The molecule has 0 radical (unpaired) electrons. The second-order valence-electron chi connectivity index (χ2n) is 9.37. The van der Waals surface area contributed by atoms with Gasteiger partial charge in [0.2, 0.25) is 11.9 Å². The molecule has 3 heterocycles. The number of amides is 3. The van der Waals surface area contributed by atoms with Gasteiger partial charge in [0.1, 0.15) is 0 Å². The van der Waals surface area contributed by atoms with Gasteiger partial charge in [-0.25, -0.2) is 14.8 Å². The molecule has 1 atom stereocenters. The zero-order valence-electron chi connectivity index (χ0n) is 21.5. The minimum atomic E-state index is -0.0803. The Bertz CT molecular complexity index is 1240. The summed E-state index contributed by atoms with van der Waals surface area (Å²) < 4.78 is 5.30. The number of urea groups is 1. The first-order chi connectivity index (χ1) is 18.6. The molecule has 198 valence electrons. The van der Waals surface area contributed by atoms with E-state index in [1.807, 2.05) is 54.3 Å². The number of hydrogen-bond donors (Lipinski definition) is 3. The number of carbonyl (C=O) groups excluding carboxylic acids is 2. The molecule has 2 aromatic carbocycles. The maximum atomic E-state index is 12.3. The average molecular weight is 516 g/mol. The number of hydrogen-bond acceptors (Lipinski definition) is 7. The Morgan fingerprint density at radius 1 is 0.974 bits per heavy atom. The minimum absolute atomic E-state index is 0.00331. The van der Waals surface area contributed by atoms with Gasteiger partial charge in [-0.1, -0.05) is 12.1 Å². The van der Waals surface area contributed by atoms with Gasteiger partial charge in [0.25, 0.3) is 0 Å². The summed E-state index contributed by atoms with van der Waals surface area (Å²) in [7, 11) is 0. The van der Waals surface area contributed by atoms with Crippen molar-refractivity contribution in [2.24, 2.45) is 5.92 Å². The molecule has 10 heteroatoms. The van der Waals surface area contributed by atoms with E-state index in [2.05, 4.69) is 43.0 Å². The van der Waals surface area contributed by atoms with Crippen LogP contribution in [0.3, 0.4) is 0 Å². The van der Waals surface area contributed by atoms with E-state index in [9.17, 15) is 9.59 Å². The van der Waals surface area contributed by atoms with Crippen molar-refractivity contribution in [3.63, 3.8) is 0 Å². The molecule has 2 fully saturated rings. The Morgan fingerprint density at radius 3 is 2.39 bits per heavy atom. The van der Waals surface area contributed by atoms with Crippen molar-refractivity contribution in [2.75, 3.05) is 61.5 Å². The molecule has 0 saturated carbocycles. The van der Waals surface area contributed by atoms with Crippen LogP contribution in [0.25, 0.3) is 11.3 Å². The third kappa shape index (κ3) is 6.20. The summed E-state index contributed by atoms with van der Waals surface area (Å²) in [6, 6.07) is 17.7. The molecule has 0 bridgehead atoms. The predicted molar refractivity (Wildman–Crippen MR) is 148 cm³/mol. The van der Waals surface area contributed by atoms with E-state index >= 15 is 0 Å². The van der Waals surface area contributed by atoms with Crippen LogP contribution < -0.4 is 20.9 Å². The number of carbonyl (C=O) groups is 2. The summed E-state index contributed by atoms with van der Waals surface area (Å²) in [5.74, 6) is 0.420. The molecule has 1 unspecified atom stereocenters. The highest BCUT2D eigenvalue weighted by Crippen LogP contribution is 2.24. The molecule has 3 aromatic rings. The molecule has 0 spiro atoms. The largest absolute Gasteiger partial charge is 0.381 e. The lowest BCUT2D eigenvalue weighted by Crippen LogP contribution is -2.51. The topological polar surface area (TPSA) is 112 Å². The van der Waals surface area contributed by atoms with Gasteiger partial charge in [0.05, 0.1) is 18.2 Å². The molecule has 3 N–H and O–H groups in total. The van der Waals surface area contributed by atoms with Crippen LogP contribution in [0.2, 0.25) is 0 Å². The Morgan fingerprint density at radius 2 is 1.71 bits per heavy atom. The number of aromatic nitrogens is 2. The number of rotatable bonds is 7. The first-order valence-corrected chi connectivity index (χ1v) is 13.1. The van der Waals surface area contributed by atoms with Crippen LogP contribution in [0, 0.1) is 5.92 Å². The lowest BCUT2D eigenvalue weighted by molar-refractivity contribution is -0.119. The standard InChI is InChI=1S/C28H33N7O3/c1-2-29-28(37)35-16-14-34(15-17-35)24-9-7-23(8-10-24)32-27-30-13-11-25(33-27)20-3-5-22(6-4-20)31-26(36)21-12-18-38-19-21/h3-11,13,21H,2,12,14-19H2,1H3,(H,29,37)(H,31,36)(H,30,32,33). The van der Waals surface area contributed by atoms with Crippen LogP contribution in [0.15, 0.2) is 60.8 Å². The third-order valence-electron chi connectivity index (χ3n) is 6.79. The highest BCUT2D eigenvalue weighted by atomic mass is 16.5. The quantitative estimate of drug-likeness (QED) is 0.440. The Labute approximate surface area is 222 Å². The number of nitrogens with one attached hydrogen (secondary N) is 3. The monoisotopic (exact) mass is 515 g/mol. The lowest BCUT2D eigenvalue weighted by atomic mass is 10.1. The normalized spacial score (nSPS) is 17.2. The summed E-state index contributed by atoms with van der Waals surface area (Å²) in [6.07, 6.45) is 2.49. The van der Waals surface area contributed by atoms with Crippen LogP contribution in [0.1, 0.15) is 13.3 Å². The molecular formula is C28H33N7O3. The molecule has 5 rings (SSSR count).